The molecule has 5 heteroatoms. The molecule has 1 fully saturated rings. The Kier molecular flexibility index (Phi) is 2.92. The molecular formula is C13H16ClNO2S. The van der Waals surface area contributed by atoms with Crippen molar-refractivity contribution in [3.63, 3.8) is 0 Å². The van der Waals surface area contributed by atoms with E-state index in [4.69, 9.17) is 11.6 Å². The van der Waals surface area contributed by atoms with Gasteiger partial charge in [0.1, 0.15) is 0 Å². The van der Waals surface area contributed by atoms with E-state index in [9.17, 15) is 8.42 Å². The van der Waals surface area contributed by atoms with E-state index in [1.165, 1.54) is 12.8 Å². The summed E-state index contributed by atoms with van der Waals surface area (Å²) in [4.78, 5) is 0.337. The van der Waals surface area contributed by atoms with Crippen LogP contribution in [0.2, 0.25) is 5.02 Å². The Labute approximate surface area is 112 Å². The van der Waals surface area contributed by atoms with Gasteiger partial charge in [0, 0.05) is 12.1 Å². The number of rotatable bonds is 2. The average Bonchev–Trinajstić information content (AvgIpc) is 3.09. The number of sulfone groups is 1. The van der Waals surface area contributed by atoms with Crippen LogP contribution in [0, 0.1) is 0 Å². The van der Waals surface area contributed by atoms with Gasteiger partial charge in [-0.1, -0.05) is 23.7 Å². The van der Waals surface area contributed by atoms with Crippen LogP contribution in [0.3, 0.4) is 0 Å². The van der Waals surface area contributed by atoms with Gasteiger partial charge in [-0.25, -0.2) is 8.42 Å². The molecule has 3 nitrogen and oxygen atoms in total. The summed E-state index contributed by atoms with van der Waals surface area (Å²) in [6, 6.07) is 6.03. The van der Waals surface area contributed by atoms with E-state index >= 15 is 0 Å². The van der Waals surface area contributed by atoms with Crippen LogP contribution in [0.15, 0.2) is 23.1 Å². The first-order valence-electron chi connectivity index (χ1n) is 6.28. The van der Waals surface area contributed by atoms with Crippen molar-refractivity contribution in [2.75, 3.05) is 0 Å². The van der Waals surface area contributed by atoms with Crippen molar-refractivity contribution >= 4 is 21.4 Å². The van der Waals surface area contributed by atoms with Crippen LogP contribution in [-0.2, 0) is 9.84 Å². The molecule has 0 saturated heterocycles. The van der Waals surface area contributed by atoms with Gasteiger partial charge in [0.05, 0.1) is 15.2 Å². The van der Waals surface area contributed by atoms with Gasteiger partial charge in [-0.2, -0.15) is 0 Å². The smallest absolute Gasteiger partial charge is 0.182 e. The summed E-state index contributed by atoms with van der Waals surface area (Å²) in [6.45, 7) is 1.77. The van der Waals surface area contributed by atoms with Crippen molar-refractivity contribution in [3.05, 3.63) is 28.8 Å². The van der Waals surface area contributed by atoms with Crippen LogP contribution in [0.5, 0.6) is 0 Å². The molecule has 0 spiro atoms. The lowest BCUT2D eigenvalue weighted by molar-refractivity contribution is 0.461. The first-order chi connectivity index (χ1) is 8.50. The fourth-order valence-corrected chi connectivity index (χ4v) is 4.81. The summed E-state index contributed by atoms with van der Waals surface area (Å²) in [7, 11) is -3.27. The number of benzene rings is 1. The van der Waals surface area contributed by atoms with Crippen molar-refractivity contribution in [1.29, 1.82) is 0 Å². The summed E-state index contributed by atoms with van der Waals surface area (Å²) >= 11 is 6.10. The first-order valence-corrected chi connectivity index (χ1v) is 8.21. The number of fused-ring (bicyclic) bond motifs is 1. The van der Waals surface area contributed by atoms with Crippen LogP contribution in [0.25, 0.3) is 0 Å². The van der Waals surface area contributed by atoms with E-state index in [-0.39, 0.29) is 11.3 Å². The van der Waals surface area contributed by atoms with Gasteiger partial charge in [0.2, 0.25) is 0 Å². The van der Waals surface area contributed by atoms with Crippen molar-refractivity contribution in [1.82, 2.24) is 5.32 Å². The van der Waals surface area contributed by atoms with E-state index in [0.717, 1.165) is 5.56 Å². The Morgan fingerprint density at radius 1 is 1.33 bits per heavy atom. The highest BCUT2D eigenvalue weighted by molar-refractivity contribution is 7.92. The van der Waals surface area contributed by atoms with Crippen LogP contribution in [-0.4, -0.2) is 19.7 Å². The van der Waals surface area contributed by atoms with Gasteiger partial charge in [0.15, 0.2) is 9.84 Å². The number of hydrogen-bond acceptors (Lipinski definition) is 3. The molecule has 0 amide bonds. The van der Waals surface area contributed by atoms with Gasteiger partial charge in [-0.15, -0.1) is 0 Å². The van der Waals surface area contributed by atoms with E-state index in [1.807, 2.05) is 12.1 Å². The maximum Gasteiger partial charge on any atom is 0.182 e. The summed E-state index contributed by atoms with van der Waals surface area (Å²) in [5.41, 5.74) is 0.840. The molecule has 0 radical (unpaired) electrons. The quantitative estimate of drug-likeness (QED) is 0.909. The topological polar surface area (TPSA) is 46.2 Å². The second-order valence-corrected chi connectivity index (χ2v) is 7.95. The normalized spacial score (nSPS) is 29.9. The SMILES string of the molecule is CC1CC(NC2CC2)c2cccc(Cl)c2S1(=O)=O. The third-order valence-electron chi connectivity index (χ3n) is 3.77. The predicted molar refractivity (Wildman–Crippen MR) is 71.6 cm³/mol. The minimum absolute atomic E-state index is 0.115. The lowest BCUT2D eigenvalue weighted by Crippen LogP contribution is -2.35. The molecule has 18 heavy (non-hydrogen) atoms. The monoisotopic (exact) mass is 285 g/mol. The largest absolute Gasteiger partial charge is 0.307 e. The summed E-state index contributed by atoms with van der Waals surface area (Å²) in [5.74, 6) is 0. The van der Waals surface area contributed by atoms with E-state index in [1.54, 1.807) is 13.0 Å². The van der Waals surface area contributed by atoms with Crippen LogP contribution < -0.4 is 5.32 Å². The maximum absolute atomic E-state index is 12.4. The molecule has 1 aliphatic carbocycles. The number of hydrogen-bond donors (Lipinski definition) is 1. The number of nitrogens with one attached hydrogen (secondary N) is 1. The zero-order valence-electron chi connectivity index (χ0n) is 10.2. The lowest BCUT2D eigenvalue weighted by Gasteiger charge is -2.31. The molecule has 2 unspecified atom stereocenters. The third-order valence-corrected chi connectivity index (χ3v) is 6.47. The molecule has 1 saturated carbocycles. The van der Waals surface area contributed by atoms with Gasteiger partial charge < -0.3 is 5.32 Å². The number of halogens is 1. The Morgan fingerprint density at radius 3 is 2.72 bits per heavy atom. The van der Waals surface area contributed by atoms with Crippen molar-refractivity contribution in [2.45, 2.75) is 48.4 Å². The van der Waals surface area contributed by atoms with Gasteiger partial charge in [0.25, 0.3) is 0 Å². The summed E-state index contributed by atoms with van der Waals surface area (Å²) < 4.78 is 24.7. The zero-order valence-corrected chi connectivity index (χ0v) is 11.8. The highest BCUT2D eigenvalue weighted by Crippen LogP contribution is 2.41. The fraction of sp³-hybridized carbons (Fsp3) is 0.538. The summed E-state index contributed by atoms with van der Waals surface area (Å²) in [6.07, 6.45) is 3.01. The van der Waals surface area contributed by atoms with Gasteiger partial charge in [-0.05, 0) is 37.8 Å². The van der Waals surface area contributed by atoms with E-state index in [0.29, 0.717) is 22.4 Å². The van der Waals surface area contributed by atoms with Crippen molar-refractivity contribution in [3.8, 4) is 0 Å². The molecule has 1 aromatic rings. The molecule has 1 heterocycles. The molecule has 2 aliphatic rings. The standard InChI is InChI=1S/C13H16ClNO2S/c1-8-7-12(15-9-5-6-9)10-3-2-4-11(14)13(10)18(8,16)17/h2-4,8-9,12,15H,5-7H2,1H3. The third kappa shape index (κ3) is 1.96. The minimum atomic E-state index is -3.27. The van der Waals surface area contributed by atoms with Crippen LogP contribution >= 0.6 is 11.6 Å². The summed E-state index contributed by atoms with van der Waals surface area (Å²) in [5, 5.41) is 3.50. The molecule has 1 aromatic carbocycles. The van der Waals surface area contributed by atoms with Crippen LogP contribution in [0.4, 0.5) is 0 Å². The predicted octanol–water partition coefficient (Wildman–Crippen LogP) is 2.70. The second-order valence-electron chi connectivity index (χ2n) is 5.24. The van der Waals surface area contributed by atoms with Gasteiger partial charge >= 0.3 is 0 Å². The average molecular weight is 286 g/mol. The van der Waals surface area contributed by atoms with Crippen molar-refractivity contribution < 1.29 is 8.42 Å². The molecule has 0 bridgehead atoms. The molecule has 98 valence electrons. The molecule has 1 aliphatic heterocycles. The van der Waals surface area contributed by atoms with Gasteiger partial charge in [-0.3, -0.25) is 0 Å². The molecule has 0 aromatic heterocycles. The van der Waals surface area contributed by atoms with E-state index in [2.05, 4.69) is 5.32 Å². The fourth-order valence-electron chi connectivity index (χ4n) is 2.58. The minimum Gasteiger partial charge on any atom is -0.307 e. The van der Waals surface area contributed by atoms with Crippen LogP contribution in [0.1, 0.15) is 37.8 Å². The Balaban J connectivity index is 2.11. The molecule has 2 atom stereocenters. The second kappa shape index (κ2) is 4.22. The zero-order chi connectivity index (χ0) is 12.9. The van der Waals surface area contributed by atoms with Crippen molar-refractivity contribution in [2.24, 2.45) is 0 Å². The molecular weight excluding hydrogens is 270 g/mol. The lowest BCUT2D eigenvalue weighted by atomic mass is 10.0. The highest BCUT2D eigenvalue weighted by atomic mass is 35.5. The van der Waals surface area contributed by atoms with E-state index < -0.39 is 9.84 Å². The first kappa shape index (κ1) is 12.5. The highest BCUT2D eigenvalue weighted by Gasteiger charge is 2.39. The maximum atomic E-state index is 12.4. The Hall–Kier alpha value is -0.580. The Bertz CT molecular complexity index is 581. The molecule has 1 N–H and O–H groups in total. The Morgan fingerprint density at radius 2 is 2.06 bits per heavy atom. The molecule has 3 rings (SSSR count).